The number of ether oxygens (including phenoxy) is 2. The molecule has 0 bridgehead atoms. The number of hydrogen-bond acceptors (Lipinski definition) is 4. The lowest BCUT2D eigenvalue weighted by atomic mass is 10.2. The first-order valence-electron chi connectivity index (χ1n) is 7.19. The first kappa shape index (κ1) is 16.0. The fourth-order valence-corrected chi connectivity index (χ4v) is 3.19. The third-order valence-electron chi connectivity index (χ3n) is 3.37. The largest absolute Gasteiger partial charge is 0.454 e. The third-order valence-corrected chi connectivity index (χ3v) is 4.75. The third kappa shape index (κ3) is 4.33. The van der Waals surface area contributed by atoms with Gasteiger partial charge in [0.05, 0.1) is 5.75 Å². The number of benzene rings is 2. The van der Waals surface area contributed by atoms with Crippen molar-refractivity contribution in [1.82, 2.24) is 5.32 Å². The Hall–Kier alpha value is -1.85. The summed E-state index contributed by atoms with van der Waals surface area (Å²) in [5.74, 6) is 2.69. The lowest BCUT2D eigenvalue weighted by Gasteiger charge is -2.07. The topological polar surface area (TPSA) is 47.6 Å². The second-order valence-electron chi connectivity index (χ2n) is 5.05. The fraction of sp³-hybridized carbons (Fsp3) is 0.235. The van der Waals surface area contributed by atoms with Gasteiger partial charge in [0.1, 0.15) is 0 Å². The molecule has 0 saturated heterocycles. The Morgan fingerprint density at radius 1 is 1.17 bits per heavy atom. The van der Waals surface area contributed by atoms with Gasteiger partial charge in [0.15, 0.2) is 11.5 Å². The summed E-state index contributed by atoms with van der Waals surface area (Å²) in [4.78, 5) is 11.9. The standard InChI is InChI=1S/C17H16ClNO3S/c18-14-4-2-1-3-13(14)8-19-17(20)10-23-9-12-5-6-15-16(7-12)22-11-21-15/h1-7H,8-11H2,(H,19,20). The van der Waals surface area contributed by atoms with Gasteiger partial charge in [-0.2, -0.15) is 0 Å². The number of carbonyl (C=O) groups is 1. The monoisotopic (exact) mass is 349 g/mol. The maximum absolute atomic E-state index is 11.9. The molecule has 6 heteroatoms. The molecule has 0 unspecified atom stereocenters. The van der Waals surface area contributed by atoms with Gasteiger partial charge in [-0.25, -0.2) is 0 Å². The van der Waals surface area contributed by atoms with Crippen LogP contribution in [0.1, 0.15) is 11.1 Å². The Labute approximate surface area is 144 Å². The van der Waals surface area contributed by atoms with E-state index in [1.54, 1.807) is 11.8 Å². The van der Waals surface area contributed by atoms with Gasteiger partial charge < -0.3 is 14.8 Å². The number of rotatable bonds is 6. The zero-order chi connectivity index (χ0) is 16.1. The second kappa shape index (κ2) is 7.62. The number of thioether (sulfide) groups is 1. The van der Waals surface area contributed by atoms with Crippen molar-refractivity contribution in [2.24, 2.45) is 0 Å². The van der Waals surface area contributed by atoms with Crippen LogP contribution in [0, 0.1) is 0 Å². The Morgan fingerprint density at radius 3 is 2.87 bits per heavy atom. The molecule has 1 N–H and O–H groups in total. The van der Waals surface area contributed by atoms with Crippen LogP contribution in [0.4, 0.5) is 0 Å². The van der Waals surface area contributed by atoms with Gasteiger partial charge in [-0.3, -0.25) is 4.79 Å². The summed E-state index contributed by atoms with van der Waals surface area (Å²) in [5, 5.41) is 3.55. The van der Waals surface area contributed by atoms with Crippen LogP contribution < -0.4 is 14.8 Å². The molecule has 23 heavy (non-hydrogen) atoms. The average molecular weight is 350 g/mol. The highest BCUT2D eigenvalue weighted by molar-refractivity contribution is 7.99. The quantitative estimate of drug-likeness (QED) is 0.865. The molecule has 2 aromatic carbocycles. The zero-order valence-corrected chi connectivity index (χ0v) is 14.0. The second-order valence-corrected chi connectivity index (χ2v) is 6.44. The Morgan fingerprint density at radius 2 is 2.00 bits per heavy atom. The molecule has 0 fully saturated rings. The molecular weight excluding hydrogens is 334 g/mol. The van der Waals surface area contributed by atoms with Gasteiger partial charge in [-0.15, -0.1) is 11.8 Å². The maximum atomic E-state index is 11.9. The smallest absolute Gasteiger partial charge is 0.231 e. The predicted octanol–water partition coefficient (Wildman–Crippen LogP) is 3.62. The Bertz CT molecular complexity index is 708. The molecule has 1 aliphatic heterocycles. The lowest BCUT2D eigenvalue weighted by Crippen LogP contribution is -2.24. The molecule has 0 atom stereocenters. The van der Waals surface area contributed by atoms with Crippen molar-refractivity contribution >= 4 is 29.3 Å². The predicted molar refractivity (Wildman–Crippen MR) is 92.0 cm³/mol. The molecule has 120 valence electrons. The molecule has 1 amide bonds. The summed E-state index contributed by atoms with van der Waals surface area (Å²) in [5.41, 5.74) is 2.03. The van der Waals surface area contributed by atoms with Crippen molar-refractivity contribution in [1.29, 1.82) is 0 Å². The summed E-state index contributed by atoms with van der Waals surface area (Å²) in [6.07, 6.45) is 0. The molecule has 2 aromatic rings. The number of fused-ring (bicyclic) bond motifs is 1. The minimum absolute atomic E-state index is 0.00402. The van der Waals surface area contributed by atoms with E-state index in [1.807, 2.05) is 42.5 Å². The molecule has 0 aromatic heterocycles. The van der Waals surface area contributed by atoms with Crippen LogP contribution in [0.5, 0.6) is 11.5 Å². The van der Waals surface area contributed by atoms with E-state index in [2.05, 4.69) is 5.32 Å². The zero-order valence-electron chi connectivity index (χ0n) is 12.4. The highest BCUT2D eigenvalue weighted by atomic mass is 35.5. The molecule has 1 heterocycles. The summed E-state index contributed by atoms with van der Waals surface area (Å²) < 4.78 is 10.6. The molecule has 0 radical (unpaired) electrons. The normalized spacial score (nSPS) is 12.2. The summed E-state index contributed by atoms with van der Waals surface area (Å²) in [6, 6.07) is 13.3. The number of halogens is 1. The van der Waals surface area contributed by atoms with Crippen LogP contribution in [0.25, 0.3) is 0 Å². The molecule has 3 rings (SSSR count). The highest BCUT2D eigenvalue weighted by Crippen LogP contribution is 2.33. The number of amides is 1. The van der Waals surface area contributed by atoms with Gasteiger partial charge in [0.25, 0.3) is 0 Å². The van der Waals surface area contributed by atoms with Crippen LogP contribution in [-0.2, 0) is 17.1 Å². The molecular formula is C17H16ClNO3S. The van der Waals surface area contributed by atoms with E-state index < -0.39 is 0 Å². The number of carbonyl (C=O) groups excluding carboxylic acids is 1. The van der Waals surface area contributed by atoms with Gasteiger partial charge in [0.2, 0.25) is 12.7 Å². The maximum Gasteiger partial charge on any atom is 0.231 e. The summed E-state index contributed by atoms with van der Waals surface area (Å²) in [7, 11) is 0. The van der Waals surface area contributed by atoms with E-state index in [-0.39, 0.29) is 12.7 Å². The molecule has 0 aliphatic carbocycles. The van der Waals surface area contributed by atoms with Gasteiger partial charge in [-0.05, 0) is 29.3 Å². The summed E-state index contributed by atoms with van der Waals surface area (Å²) >= 11 is 7.62. The van der Waals surface area contributed by atoms with Crippen LogP contribution in [0.3, 0.4) is 0 Å². The van der Waals surface area contributed by atoms with Gasteiger partial charge in [-0.1, -0.05) is 35.9 Å². The van der Waals surface area contributed by atoms with Gasteiger partial charge in [0, 0.05) is 17.3 Å². The van der Waals surface area contributed by atoms with E-state index >= 15 is 0 Å². The highest BCUT2D eigenvalue weighted by Gasteiger charge is 2.13. The van der Waals surface area contributed by atoms with E-state index in [0.29, 0.717) is 17.3 Å². The molecule has 0 saturated carbocycles. The van der Waals surface area contributed by atoms with E-state index in [0.717, 1.165) is 28.4 Å². The SMILES string of the molecule is O=C(CSCc1ccc2c(c1)OCO2)NCc1ccccc1Cl. The molecule has 0 spiro atoms. The first-order chi connectivity index (χ1) is 11.2. The Kier molecular flexibility index (Phi) is 5.31. The van der Waals surface area contributed by atoms with Crippen molar-refractivity contribution < 1.29 is 14.3 Å². The van der Waals surface area contributed by atoms with Crippen LogP contribution >= 0.6 is 23.4 Å². The number of hydrogen-bond donors (Lipinski definition) is 1. The van der Waals surface area contributed by atoms with Crippen LogP contribution in [0.15, 0.2) is 42.5 Å². The van der Waals surface area contributed by atoms with E-state index in [4.69, 9.17) is 21.1 Å². The number of nitrogens with one attached hydrogen (secondary N) is 1. The van der Waals surface area contributed by atoms with Crippen molar-refractivity contribution in [3.05, 3.63) is 58.6 Å². The van der Waals surface area contributed by atoms with E-state index in [1.165, 1.54) is 0 Å². The van der Waals surface area contributed by atoms with Crippen molar-refractivity contribution in [3.8, 4) is 11.5 Å². The van der Waals surface area contributed by atoms with Crippen LogP contribution in [0.2, 0.25) is 5.02 Å². The average Bonchev–Trinajstić information content (AvgIpc) is 3.02. The van der Waals surface area contributed by atoms with Crippen molar-refractivity contribution in [2.45, 2.75) is 12.3 Å². The molecule has 4 nitrogen and oxygen atoms in total. The minimum atomic E-state index is -0.00402. The van der Waals surface area contributed by atoms with Gasteiger partial charge >= 0.3 is 0 Å². The minimum Gasteiger partial charge on any atom is -0.454 e. The fourth-order valence-electron chi connectivity index (χ4n) is 2.18. The first-order valence-corrected chi connectivity index (χ1v) is 8.72. The van der Waals surface area contributed by atoms with Crippen molar-refractivity contribution in [3.63, 3.8) is 0 Å². The van der Waals surface area contributed by atoms with Crippen LogP contribution in [-0.4, -0.2) is 18.5 Å². The van der Waals surface area contributed by atoms with E-state index in [9.17, 15) is 4.79 Å². The Balaban J connectivity index is 1.42. The lowest BCUT2D eigenvalue weighted by molar-refractivity contribution is -0.118. The summed E-state index contributed by atoms with van der Waals surface area (Å²) in [6.45, 7) is 0.722. The van der Waals surface area contributed by atoms with Crippen molar-refractivity contribution in [2.75, 3.05) is 12.5 Å². The molecule has 1 aliphatic rings.